The number of hydrogen-bond donors (Lipinski definition) is 1. The minimum absolute atomic E-state index is 0.0544. The molecule has 0 aliphatic carbocycles. The van der Waals surface area contributed by atoms with Crippen molar-refractivity contribution in [3.8, 4) is 5.75 Å². The number of nitrogens with one attached hydrogen (secondary N) is 1. The van der Waals surface area contributed by atoms with Gasteiger partial charge in [-0.1, -0.05) is 6.92 Å². The third-order valence-electron chi connectivity index (χ3n) is 3.66. The molecule has 114 valence electrons. The molecule has 1 aromatic rings. The molecule has 5 nitrogen and oxygen atoms in total. The Bertz CT molecular complexity index is 539. The maximum atomic E-state index is 12.6. The second kappa shape index (κ2) is 5.76. The zero-order valence-electron chi connectivity index (χ0n) is 13.0. The molecule has 21 heavy (non-hydrogen) atoms. The van der Waals surface area contributed by atoms with Crippen molar-refractivity contribution in [2.75, 3.05) is 11.4 Å². The Labute approximate surface area is 125 Å². The molecule has 1 N–H and O–H groups in total. The van der Waals surface area contributed by atoms with Crippen LogP contribution in [0, 0.1) is 0 Å². The standard InChI is InChI=1S/C16H22N2O3/c1-5-16(4)15(20)18(10-14(19)17-16)12-6-8-13(9-7-12)21-11(2)3/h6-9,11H,5,10H2,1-4H3,(H,17,19). The summed E-state index contributed by atoms with van der Waals surface area (Å²) < 4.78 is 5.58. The van der Waals surface area contributed by atoms with Crippen LogP contribution in [0.5, 0.6) is 5.75 Å². The quantitative estimate of drug-likeness (QED) is 0.924. The van der Waals surface area contributed by atoms with E-state index in [4.69, 9.17) is 4.74 Å². The summed E-state index contributed by atoms with van der Waals surface area (Å²) in [6.07, 6.45) is 0.657. The number of carbonyl (C=O) groups is 2. The van der Waals surface area contributed by atoms with E-state index in [1.807, 2.05) is 45.0 Å². The summed E-state index contributed by atoms with van der Waals surface area (Å²) in [7, 11) is 0. The van der Waals surface area contributed by atoms with Crippen LogP contribution in [0.4, 0.5) is 5.69 Å². The Morgan fingerprint density at radius 1 is 1.29 bits per heavy atom. The van der Waals surface area contributed by atoms with Gasteiger partial charge in [0.05, 0.1) is 6.10 Å². The van der Waals surface area contributed by atoms with E-state index in [9.17, 15) is 9.59 Å². The maximum absolute atomic E-state index is 12.6. The molecule has 0 radical (unpaired) electrons. The summed E-state index contributed by atoms with van der Waals surface area (Å²) in [5.74, 6) is 0.532. The minimum Gasteiger partial charge on any atom is -0.491 e. The van der Waals surface area contributed by atoms with E-state index >= 15 is 0 Å². The molecule has 1 fully saturated rings. The lowest BCUT2D eigenvalue weighted by molar-refractivity contribution is -0.135. The lowest BCUT2D eigenvalue weighted by atomic mass is 9.94. The first kappa shape index (κ1) is 15.4. The number of piperazine rings is 1. The summed E-state index contributed by atoms with van der Waals surface area (Å²) in [5, 5.41) is 2.77. The molecule has 1 aliphatic rings. The van der Waals surface area contributed by atoms with E-state index in [0.717, 1.165) is 5.75 Å². The zero-order chi connectivity index (χ0) is 15.6. The van der Waals surface area contributed by atoms with Gasteiger partial charge < -0.3 is 15.0 Å². The average Bonchev–Trinajstić information content (AvgIpc) is 2.43. The Morgan fingerprint density at radius 3 is 2.43 bits per heavy atom. The van der Waals surface area contributed by atoms with E-state index in [1.54, 1.807) is 6.92 Å². The Balaban J connectivity index is 2.24. The SMILES string of the molecule is CCC1(C)NC(=O)CN(c2ccc(OC(C)C)cc2)C1=O. The molecule has 1 unspecified atom stereocenters. The van der Waals surface area contributed by atoms with Crippen molar-refractivity contribution in [1.82, 2.24) is 5.32 Å². The Kier molecular flexibility index (Phi) is 4.21. The van der Waals surface area contributed by atoms with Crippen molar-refractivity contribution in [3.63, 3.8) is 0 Å². The Hall–Kier alpha value is -2.04. The van der Waals surface area contributed by atoms with Gasteiger partial charge in [0.2, 0.25) is 5.91 Å². The highest BCUT2D eigenvalue weighted by Gasteiger charge is 2.42. The minimum atomic E-state index is -0.831. The van der Waals surface area contributed by atoms with Crippen LogP contribution in [0.1, 0.15) is 34.1 Å². The number of anilines is 1. The molecular weight excluding hydrogens is 268 g/mol. The van der Waals surface area contributed by atoms with Crippen molar-refractivity contribution in [3.05, 3.63) is 24.3 Å². The molecule has 0 bridgehead atoms. The number of nitrogens with zero attached hydrogens (tertiary/aromatic N) is 1. The predicted molar refractivity (Wildman–Crippen MR) is 81.4 cm³/mol. The van der Waals surface area contributed by atoms with Crippen LogP contribution in [0.25, 0.3) is 0 Å². The highest BCUT2D eigenvalue weighted by atomic mass is 16.5. The van der Waals surface area contributed by atoms with Gasteiger partial charge in [-0.3, -0.25) is 9.59 Å². The molecule has 1 atom stereocenters. The summed E-state index contributed by atoms with van der Waals surface area (Å²) in [4.78, 5) is 25.9. The van der Waals surface area contributed by atoms with Crippen molar-refractivity contribution >= 4 is 17.5 Å². The van der Waals surface area contributed by atoms with E-state index in [1.165, 1.54) is 4.90 Å². The fourth-order valence-corrected chi connectivity index (χ4v) is 2.34. The van der Waals surface area contributed by atoms with E-state index in [2.05, 4.69) is 5.32 Å². The van der Waals surface area contributed by atoms with Gasteiger partial charge in [-0.2, -0.15) is 0 Å². The topological polar surface area (TPSA) is 58.6 Å². The van der Waals surface area contributed by atoms with E-state index in [-0.39, 0.29) is 24.5 Å². The summed E-state index contributed by atoms with van der Waals surface area (Å²) in [6.45, 7) is 7.62. The first-order valence-electron chi connectivity index (χ1n) is 7.25. The van der Waals surface area contributed by atoms with Gasteiger partial charge in [-0.25, -0.2) is 0 Å². The first-order chi connectivity index (χ1) is 9.85. The Morgan fingerprint density at radius 2 is 1.90 bits per heavy atom. The molecule has 0 aromatic heterocycles. The summed E-state index contributed by atoms with van der Waals surface area (Å²) in [5.41, 5.74) is -0.117. The largest absolute Gasteiger partial charge is 0.491 e. The van der Waals surface area contributed by atoms with E-state index < -0.39 is 5.54 Å². The number of ether oxygens (including phenoxy) is 1. The molecule has 1 aromatic carbocycles. The van der Waals surface area contributed by atoms with Crippen molar-refractivity contribution in [2.24, 2.45) is 0 Å². The lowest BCUT2D eigenvalue weighted by Crippen LogP contribution is -2.65. The lowest BCUT2D eigenvalue weighted by Gasteiger charge is -2.39. The second-order valence-corrected chi connectivity index (χ2v) is 5.79. The number of amides is 2. The van der Waals surface area contributed by atoms with Gasteiger partial charge in [0, 0.05) is 5.69 Å². The monoisotopic (exact) mass is 290 g/mol. The van der Waals surface area contributed by atoms with Gasteiger partial charge in [-0.15, -0.1) is 0 Å². The van der Waals surface area contributed by atoms with Crippen LogP contribution in [0.15, 0.2) is 24.3 Å². The number of hydrogen-bond acceptors (Lipinski definition) is 3. The highest BCUT2D eigenvalue weighted by Crippen LogP contribution is 2.26. The highest BCUT2D eigenvalue weighted by molar-refractivity contribution is 6.08. The third-order valence-corrected chi connectivity index (χ3v) is 3.66. The van der Waals surface area contributed by atoms with E-state index in [0.29, 0.717) is 12.1 Å². The van der Waals surface area contributed by atoms with Crippen molar-refractivity contribution in [2.45, 2.75) is 45.8 Å². The van der Waals surface area contributed by atoms with Crippen molar-refractivity contribution < 1.29 is 14.3 Å². The molecule has 2 rings (SSSR count). The molecule has 5 heteroatoms. The summed E-state index contributed by atoms with van der Waals surface area (Å²) in [6, 6.07) is 7.26. The fourth-order valence-electron chi connectivity index (χ4n) is 2.34. The number of benzene rings is 1. The first-order valence-corrected chi connectivity index (χ1v) is 7.25. The molecule has 0 spiro atoms. The van der Waals surface area contributed by atoms with Crippen LogP contribution in [0.2, 0.25) is 0 Å². The van der Waals surface area contributed by atoms with Gasteiger partial charge in [0.15, 0.2) is 0 Å². The van der Waals surface area contributed by atoms with Crippen LogP contribution < -0.4 is 15.0 Å². The number of rotatable bonds is 4. The third kappa shape index (κ3) is 3.17. The van der Waals surface area contributed by atoms with Gasteiger partial charge in [0.1, 0.15) is 17.8 Å². The average molecular weight is 290 g/mol. The predicted octanol–water partition coefficient (Wildman–Crippen LogP) is 2.11. The van der Waals surface area contributed by atoms with Crippen LogP contribution in [-0.2, 0) is 9.59 Å². The maximum Gasteiger partial charge on any atom is 0.252 e. The molecule has 1 saturated heterocycles. The smallest absolute Gasteiger partial charge is 0.252 e. The summed E-state index contributed by atoms with van der Waals surface area (Å²) >= 11 is 0. The van der Waals surface area contributed by atoms with Crippen LogP contribution >= 0.6 is 0 Å². The fraction of sp³-hybridized carbons (Fsp3) is 0.500. The normalized spacial score (nSPS) is 22.4. The molecule has 1 aliphatic heterocycles. The van der Waals surface area contributed by atoms with Crippen molar-refractivity contribution in [1.29, 1.82) is 0 Å². The zero-order valence-corrected chi connectivity index (χ0v) is 13.0. The van der Waals surface area contributed by atoms with Gasteiger partial charge >= 0.3 is 0 Å². The molecular formula is C16H22N2O3. The van der Waals surface area contributed by atoms with Crippen LogP contribution in [-0.4, -0.2) is 30.0 Å². The van der Waals surface area contributed by atoms with Crippen LogP contribution in [0.3, 0.4) is 0 Å². The molecule has 2 amide bonds. The molecule has 1 heterocycles. The van der Waals surface area contributed by atoms with Gasteiger partial charge in [-0.05, 0) is 51.5 Å². The second-order valence-electron chi connectivity index (χ2n) is 5.79. The molecule has 0 saturated carbocycles. The number of carbonyl (C=O) groups excluding carboxylic acids is 2. The van der Waals surface area contributed by atoms with Gasteiger partial charge in [0.25, 0.3) is 5.91 Å².